The van der Waals surface area contributed by atoms with Gasteiger partial charge < -0.3 is 15.7 Å². The first-order valence-electron chi connectivity index (χ1n) is 8.22. The van der Waals surface area contributed by atoms with E-state index in [1.54, 1.807) is 18.2 Å². The van der Waals surface area contributed by atoms with E-state index in [9.17, 15) is 14.4 Å². The van der Waals surface area contributed by atoms with Gasteiger partial charge in [-0.05, 0) is 35.7 Å². The molecule has 2 amide bonds. The van der Waals surface area contributed by atoms with E-state index in [0.29, 0.717) is 12.1 Å². The van der Waals surface area contributed by atoms with Gasteiger partial charge in [0.2, 0.25) is 5.91 Å². The Kier molecular flexibility index (Phi) is 6.43. The molecule has 0 aliphatic rings. The third-order valence-electron chi connectivity index (χ3n) is 3.46. The van der Waals surface area contributed by atoms with Gasteiger partial charge in [0.15, 0.2) is 0 Å². The van der Waals surface area contributed by atoms with Crippen LogP contribution in [-0.2, 0) is 11.3 Å². The molecule has 0 atom stereocenters. The van der Waals surface area contributed by atoms with Crippen LogP contribution < -0.4 is 10.6 Å². The van der Waals surface area contributed by atoms with Crippen molar-refractivity contribution in [1.29, 1.82) is 0 Å². The molecule has 0 spiro atoms. The number of nitrogens with one attached hydrogen (secondary N) is 2. The van der Waals surface area contributed by atoms with Crippen molar-refractivity contribution >= 4 is 23.5 Å². The maximum absolute atomic E-state index is 12.1. The zero-order valence-electron chi connectivity index (χ0n) is 14.7. The molecule has 2 rings (SSSR count). The Labute approximate surface area is 151 Å². The Balaban J connectivity index is 1.98. The molecule has 0 saturated heterocycles. The van der Waals surface area contributed by atoms with E-state index in [1.807, 2.05) is 19.9 Å². The van der Waals surface area contributed by atoms with E-state index in [-0.39, 0.29) is 29.8 Å². The number of carboxylic acid groups (broad SMARTS) is 1. The number of hydrogen-bond donors (Lipinski definition) is 3. The number of aromatic carboxylic acids is 1. The summed E-state index contributed by atoms with van der Waals surface area (Å²) in [6, 6.07) is 11.4. The maximum Gasteiger partial charge on any atom is 0.354 e. The molecule has 7 nitrogen and oxygen atoms in total. The largest absolute Gasteiger partial charge is 0.477 e. The first-order chi connectivity index (χ1) is 12.3. The average Bonchev–Trinajstić information content (AvgIpc) is 2.59. The molecule has 0 aliphatic heterocycles. The number of benzene rings is 1. The number of nitrogens with zero attached hydrogens (tertiary/aromatic N) is 1. The van der Waals surface area contributed by atoms with Crippen molar-refractivity contribution in [3.63, 3.8) is 0 Å². The number of carbonyl (C=O) groups excluding carboxylic acids is 2. The number of anilines is 1. The monoisotopic (exact) mass is 355 g/mol. The van der Waals surface area contributed by atoms with Gasteiger partial charge >= 0.3 is 5.97 Å². The fourth-order valence-electron chi connectivity index (χ4n) is 2.30. The van der Waals surface area contributed by atoms with Gasteiger partial charge in [0.05, 0.1) is 0 Å². The molecule has 0 radical (unpaired) electrons. The smallest absolute Gasteiger partial charge is 0.354 e. The summed E-state index contributed by atoms with van der Waals surface area (Å²) in [7, 11) is 0. The van der Waals surface area contributed by atoms with Crippen LogP contribution in [0.4, 0.5) is 5.69 Å². The number of carboxylic acids is 1. The van der Waals surface area contributed by atoms with Crippen molar-refractivity contribution in [2.45, 2.75) is 26.8 Å². The third kappa shape index (κ3) is 5.70. The quantitative estimate of drug-likeness (QED) is 0.707. The molecule has 0 bridgehead atoms. The maximum atomic E-state index is 12.1. The van der Waals surface area contributed by atoms with Crippen molar-refractivity contribution < 1.29 is 19.5 Å². The van der Waals surface area contributed by atoms with Crippen LogP contribution in [0.1, 0.15) is 46.8 Å². The Morgan fingerprint density at radius 2 is 1.77 bits per heavy atom. The highest BCUT2D eigenvalue weighted by atomic mass is 16.4. The minimum Gasteiger partial charge on any atom is -0.477 e. The zero-order valence-corrected chi connectivity index (χ0v) is 14.7. The molecule has 3 N–H and O–H groups in total. The zero-order chi connectivity index (χ0) is 19.1. The van der Waals surface area contributed by atoms with E-state index < -0.39 is 11.9 Å². The van der Waals surface area contributed by atoms with Gasteiger partial charge in [-0.3, -0.25) is 9.59 Å². The molecule has 2 aromatic rings. The van der Waals surface area contributed by atoms with E-state index in [0.717, 1.165) is 5.56 Å². The lowest BCUT2D eigenvalue weighted by atomic mass is 10.1. The molecule has 0 aliphatic carbocycles. The van der Waals surface area contributed by atoms with E-state index in [4.69, 9.17) is 5.11 Å². The fourth-order valence-corrected chi connectivity index (χ4v) is 2.30. The van der Waals surface area contributed by atoms with Gasteiger partial charge in [0.25, 0.3) is 5.91 Å². The number of rotatable bonds is 7. The van der Waals surface area contributed by atoms with Crippen molar-refractivity contribution in [1.82, 2.24) is 10.3 Å². The SMILES string of the molecule is CC(C)CC(=O)Nc1cccc(CNC(=O)c2cccc(C(=O)O)n2)c1. The lowest BCUT2D eigenvalue weighted by Gasteiger charge is -2.10. The summed E-state index contributed by atoms with van der Waals surface area (Å²) in [5.41, 5.74) is 1.31. The summed E-state index contributed by atoms with van der Waals surface area (Å²) >= 11 is 0. The van der Waals surface area contributed by atoms with E-state index in [1.165, 1.54) is 18.2 Å². The first-order valence-corrected chi connectivity index (χ1v) is 8.22. The van der Waals surface area contributed by atoms with Gasteiger partial charge in [-0.1, -0.05) is 32.0 Å². The molecule has 1 aromatic heterocycles. The second kappa shape index (κ2) is 8.75. The Hall–Kier alpha value is -3.22. The highest BCUT2D eigenvalue weighted by Crippen LogP contribution is 2.12. The molecule has 1 aromatic carbocycles. The topological polar surface area (TPSA) is 108 Å². The van der Waals surface area contributed by atoms with Gasteiger partial charge in [-0.25, -0.2) is 9.78 Å². The van der Waals surface area contributed by atoms with E-state index in [2.05, 4.69) is 15.6 Å². The van der Waals surface area contributed by atoms with Crippen LogP contribution in [-0.4, -0.2) is 27.9 Å². The summed E-state index contributed by atoms with van der Waals surface area (Å²) in [6.07, 6.45) is 0.437. The van der Waals surface area contributed by atoms with Crippen LogP contribution in [0.25, 0.3) is 0 Å². The predicted octanol–water partition coefficient (Wildman–Crippen LogP) is 2.69. The lowest BCUT2D eigenvalue weighted by molar-refractivity contribution is -0.116. The van der Waals surface area contributed by atoms with Crippen LogP contribution in [0.15, 0.2) is 42.5 Å². The van der Waals surface area contributed by atoms with Crippen LogP contribution in [0.5, 0.6) is 0 Å². The van der Waals surface area contributed by atoms with Crippen LogP contribution in [0.3, 0.4) is 0 Å². The van der Waals surface area contributed by atoms with E-state index >= 15 is 0 Å². The lowest BCUT2D eigenvalue weighted by Crippen LogP contribution is -2.24. The summed E-state index contributed by atoms with van der Waals surface area (Å²) in [4.78, 5) is 38.7. The first kappa shape index (κ1) is 19.1. The minimum atomic E-state index is -1.19. The average molecular weight is 355 g/mol. The predicted molar refractivity (Wildman–Crippen MR) is 96.9 cm³/mol. The minimum absolute atomic E-state index is 0.0336. The standard InChI is InChI=1S/C19H21N3O4/c1-12(2)9-17(23)21-14-6-3-5-13(10-14)11-20-18(24)15-7-4-8-16(22-15)19(25)26/h3-8,10,12H,9,11H2,1-2H3,(H,20,24)(H,21,23)(H,25,26). The molecule has 1 heterocycles. The second-order valence-electron chi connectivity index (χ2n) is 6.24. The molecular formula is C19H21N3O4. The highest BCUT2D eigenvalue weighted by molar-refractivity contribution is 5.94. The highest BCUT2D eigenvalue weighted by Gasteiger charge is 2.11. The van der Waals surface area contributed by atoms with Crippen LogP contribution in [0.2, 0.25) is 0 Å². The van der Waals surface area contributed by atoms with Gasteiger partial charge in [0.1, 0.15) is 11.4 Å². The number of aromatic nitrogens is 1. The summed E-state index contributed by atoms with van der Waals surface area (Å²) in [5, 5.41) is 14.4. The van der Waals surface area contributed by atoms with Crippen molar-refractivity contribution in [3.8, 4) is 0 Å². The molecule has 136 valence electrons. The normalized spacial score (nSPS) is 10.4. The molecule has 0 saturated carbocycles. The van der Waals surface area contributed by atoms with Gasteiger partial charge in [0, 0.05) is 18.7 Å². The summed E-state index contributed by atoms with van der Waals surface area (Å²) < 4.78 is 0. The number of hydrogen-bond acceptors (Lipinski definition) is 4. The van der Waals surface area contributed by atoms with Gasteiger partial charge in [-0.2, -0.15) is 0 Å². The van der Waals surface area contributed by atoms with Crippen LogP contribution >= 0.6 is 0 Å². The molecule has 0 unspecified atom stereocenters. The fraction of sp³-hybridized carbons (Fsp3) is 0.263. The van der Waals surface area contributed by atoms with Gasteiger partial charge in [-0.15, -0.1) is 0 Å². The molecule has 7 heteroatoms. The molecule has 26 heavy (non-hydrogen) atoms. The Bertz CT molecular complexity index is 818. The van der Waals surface area contributed by atoms with Crippen molar-refractivity contribution in [2.75, 3.05) is 5.32 Å². The Morgan fingerprint density at radius 3 is 2.46 bits per heavy atom. The molecule has 0 fully saturated rings. The van der Waals surface area contributed by atoms with Crippen molar-refractivity contribution in [2.24, 2.45) is 5.92 Å². The third-order valence-corrected chi connectivity index (χ3v) is 3.46. The summed E-state index contributed by atoms with van der Waals surface area (Å²) in [6.45, 7) is 4.17. The van der Waals surface area contributed by atoms with Crippen molar-refractivity contribution in [3.05, 3.63) is 59.4 Å². The van der Waals surface area contributed by atoms with Crippen LogP contribution in [0, 0.1) is 5.92 Å². The second-order valence-corrected chi connectivity index (χ2v) is 6.24. The number of amides is 2. The summed E-state index contributed by atoms with van der Waals surface area (Å²) in [5.74, 6) is -1.45. The number of carbonyl (C=O) groups is 3. The molecular weight excluding hydrogens is 334 g/mol. The Morgan fingerprint density at radius 1 is 1.08 bits per heavy atom. The number of pyridine rings is 1.